The van der Waals surface area contributed by atoms with E-state index in [9.17, 15) is 13.9 Å². The minimum absolute atomic E-state index is 0.128. The van der Waals surface area contributed by atoms with Gasteiger partial charge in [0.2, 0.25) is 0 Å². The Morgan fingerprint density at radius 1 is 1.24 bits per heavy atom. The van der Waals surface area contributed by atoms with Crippen LogP contribution in [0.2, 0.25) is 0 Å². The zero-order valence-corrected chi connectivity index (χ0v) is 12.9. The molecule has 0 fully saturated rings. The standard InChI is InChI=1S/C16H13BrF2O2/c1-21-10-3-2-9-6-7-16(20,11(9)8-10)14-13(18)5-4-12(17)15(14)19/h2-5,8,20H,6-7H2,1H3. The van der Waals surface area contributed by atoms with Gasteiger partial charge in [-0.25, -0.2) is 8.78 Å². The van der Waals surface area contributed by atoms with E-state index in [1.54, 1.807) is 12.1 Å². The van der Waals surface area contributed by atoms with Crippen molar-refractivity contribution in [3.8, 4) is 5.75 Å². The average molecular weight is 355 g/mol. The van der Waals surface area contributed by atoms with Crippen molar-refractivity contribution in [2.75, 3.05) is 7.11 Å². The lowest BCUT2D eigenvalue weighted by atomic mass is 9.87. The van der Waals surface area contributed by atoms with E-state index in [4.69, 9.17) is 4.74 Å². The summed E-state index contributed by atoms with van der Waals surface area (Å²) in [6.45, 7) is 0. The van der Waals surface area contributed by atoms with Gasteiger partial charge in [-0.05, 0) is 64.2 Å². The summed E-state index contributed by atoms with van der Waals surface area (Å²) in [5.41, 5.74) is -0.624. The van der Waals surface area contributed by atoms with Gasteiger partial charge in [0.25, 0.3) is 0 Å². The summed E-state index contributed by atoms with van der Waals surface area (Å²) in [6.07, 6.45) is 0.793. The summed E-state index contributed by atoms with van der Waals surface area (Å²) in [4.78, 5) is 0. The van der Waals surface area contributed by atoms with Gasteiger partial charge in [0.05, 0.1) is 17.1 Å². The lowest BCUT2D eigenvalue weighted by molar-refractivity contribution is 0.0742. The molecule has 110 valence electrons. The van der Waals surface area contributed by atoms with E-state index in [1.807, 2.05) is 6.07 Å². The molecule has 2 aromatic carbocycles. The van der Waals surface area contributed by atoms with Crippen LogP contribution in [0.3, 0.4) is 0 Å². The highest BCUT2D eigenvalue weighted by Gasteiger charge is 2.43. The van der Waals surface area contributed by atoms with Gasteiger partial charge in [-0.3, -0.25) is 0 Å². The maximum Gasteiger partial charge on any atom is 0.146 e. The van der Waals surface area contributed by atoms with Crippen LogP contribution in [0.15, 0.2) is 34.8 Å². The molecule has 0 bridgehead atoms. The third kappa shape index (κ3) is 2.15. The van der Waals surface area contributed by atoms with Crippen molar-refractivity contribution < 1.29 is 18.6 Å². The molecule has 5 heteroatoms. The number of methoxy groups -OCH3 is 1. The van der Waals surface area contributed by atoms with Gasteiger partial charge in [0, 0.05) is 0 Å². The van der Waals surface area contributed by atoms with Crippen LogP contribution in [0.5, 0.6) is 5.75 Å². The normalized spacial score (nSPS) is 20.4. The Balaban J connectivity index is 2.24. The molecule has 1 N–H and O–H groups in total. The SMILES string of the molecule is COc1ccc2c(c1)C(O)(c1c(F)ccc(Br)c1F)CC2. The zero-order chi connectivity index (χ0) is 15.2. The molecule has 0 aliphatic heterocycles. The van der Waals surface area contributed by atoms with Crippen LogP contribution in [0.4, 0.5) is 8.78 Å². The number of rotatable bonds is 2. The maximum absolute atomic E-state index is 14.4. The molecule has 0 saturated heterocycles. The average Bonchev–Trinajstić information content (AvgIpc) is 2.81. The first kappa shape index (κ1) is 14.5. The van der Waals surface area contributed by atoms with Crippen molar-refractivity contribution in [1.82, 2.24) is 0 Å². The summed E-state index contributed by atoms with van der Waals surface area (Å²) in [5, 5.41) is 11.0. The number of benzene rings is 2. The minimum atomic E-state index is -1.68. The smallest absolute Gasteiger partial charge is 0.146 e. The first-order valence-corrected chi connectivity index (χ1v) is 7.30. The Labute approximate surface area is 129 Å². The fourth-order valence-corrected chi connectivity index (χ4v) is 3.23. The monoisotopic (exact) mass is 354 g/mol. The van der Waals surface area contributed by atoms with Gasteiger partial charge in [-0.1, -0.05) is 6.07 Å². The predicted molar refractivity (Wildman–Crippen MR) is 78.4 cm³/mol. The summed E-state index contributed by atoms with van der Waals surface area (Å²) in [5.74, 6) is -0.980. The van der Waals surface area contributed by atoms with Gasteiger partial charge in [-0.15, -0.1) is 0 Å². The Kier molecular flexibility index (Phi) is 3.50. The number of aliphatic hydroxyl groups is 1. The Morgan fingerprint density at radius 3 is 2.71 bits per heavy atom. The molecule has 0 radical (unpaired) electrons. The number of ether oxygens (including phenoxy) is 1. The summed E-state index contributed by atoms with van der Waals surface area (Å²) >= 11 is 3.04. The van der Waals surface area contributed by atoms with Gasteiger partial charge in [0.1, 0.15) is 23.0 Å². The number of halogens is 3. The van der Waals surface area contributed by atoms with Crippen LogP contribution in [0, 0.1) is 11.6 Å². The van der Waals surface area contributed by atoms with Crippen molar-refractivity contribution in [2.24, 2.45) is 0 Å². The van der Waals surface area contributed by atoms with E-state index in [0.29, 0.717) is 17.7 Å². The van der Waals surface area contributed by atoms with E-state index in [1.165, 1.54) is 13.2 Å². The van der Waals surface area contributed by atoms with Crippen LogP contribution in [0.1, 0.15) is 23.1 Å². The van der Waals surface area contributed by atoms with Crippen LogP contribution in [-0.2, 0) is 12.0 Å². The molecule has 3 rings (SSSR count). The topological polar surface area (TPSA) is 29.5 Å². The molecule has 0 heterocycles. The fraction of sp³-hybridized carbons (Fsp3) is 0.250. The van der Waals surface area contributed by atoms with Crippen LogP contribution < -0.4 is 4.74 Å². The van der Waals surface area contributed by atoms with E-state index >= 15 is 0 Å². The number of hydrogen-bond acceptors (Lipinski definition) is 2. The van der Waals surface area contributed by atoms with Crippen molar-refractivity contribution in [1.29, 1.82) is 0 Å². The second-order valence-electron chi connectivity index (χ2n) is 5.10. The van der Waals surface area contributed by atoms with Crippen molar-refractivity contribution in [3.63, 3.8) is 0 Å². The van der Waals surface area contributed by atoms with E-state index < -0.39 is 17.2 Å². The van der Waals surface area contributed by atoms with Crippen molar-refractivity contribution >= 4 is 15.9 Å². The Morgan fingerprint density at radius 2 is 2.00 bits per heavy atom. The number of fused-ring (bicyclic) bond motifs is 1. The van der Waals surface area contributed by atoms with Gasteiger partial charge >= 0.3 is 0 Å². The lowest BCUT2D eigenvalue weighted by Crippen LogP contribution is -2.27. The molecule has 1 aliphatic rings. The first-order valence-electron chi connectivity index (χ1n) is 6.51. The zero-order valence-electron chi connectivity index (χ0n) is 11.3. The third-order valence-corrected chi connectivity index (χ3v) is 4.59. The largest absolute Gasteiger partial charge is 0.497 e. The lowest BCUT2D eigenvalue weighted by Gasteiger charge is -2.26. The molecule has 0 saturated carbocycles. The molecule has 1 unspecified atom stereocenters. The van der Waals surface area contributed by atoms with E-state index in [2.05, 4.69) is 15.9 Å². The minimum Gasteiger partial charge on any atom is -0.497 e. The molecule has 2 aromatic rings. The molecular formula is C16H13BrF2O2. The van der Waals surface area contributed by atoms with E-state index in [-0.39, 0.29) is 16.5 Å². The quantitative estimate of drug-likeness (QED) is 0.828. The molecule has 21 heavy (non-hydrogen) atoms. The number of aryl methyl sites for hydroxylation is 1. The van der Waals surface area contributed by atoms with Gasteiger partial charge < -0.3 is 9.84 Å². The summed E-state index contributed by atoms with van der Waals surface area (Å²) in [7, 11) is 1.51. The molecule has 1 aliphatic carbocycles. The summed E-state index contributed by atoms with van der Waals surface area (Å²) < 4.78 is 33.8. The predicted octanol–water partition coefficient (Wildman–Crippen LogP) is 3.92. The highest BCUT2D eigenvalue weighted by atomic mass is 79.9. The fourth-order valence-electron chi connectivity index (χ4n) is 2.90. The van der Waals surface area contributed by atoms with Gasteiger partial charge in [-0.2, -0.15) is 0 Å². The molecule has 2 nitrogen and oxygen atoms in total. The van der Waals surface area contributed by atoms with Crippen LogP contribution in [-0.4, -0.2) is 12.2 Å². The Hall–Kier alpha value is -1.46. The van der Waals surface area contributed by atoms with Crippen LogP contribution >= 0.6 is 15.9 Å². The molecular weight excluding hydrogens is 342 g/mol. The van der Waals surface area contributed by atoms with E-state index in [0.717, 1.165) is 11.6 Å². The number of hydrogen-bond donors (Lipinski definition) is 1. The Bertz CT molecular complexity index is 718. The second kappa shape index (κ2) is 5.07. The second-order valence-corrected chi connectivity index (χ2v) is 5.96. The molecule has 0 amide bonds. The van der Waals surface area contributed by atoms with Crippen molar-refractivity contribution in [2.45, 2.75) is 18.4 Å². The maximum atomic E-state index is 14.4. The first-order chi connectivity index (χ1) is 9.97. The highest BCUT2D eigenvalue weighted by Crippen LogP contribution is 2.45. The van der Waals surface area contributed by atoms with Crippen molar-refractivity contribution in [3.05, 3.63) is 63.1 Å². The summed E-state index contributed by atoms with van der Waals surface area (Å²) in [6, 6.07) is 7.68. The van der Waals surface area contributed by atoms with Crippen LogP contribution in [0.25, 0.3) is 0 Å². The molecule has 0 spiro atoms. The third-order valence-electron chi connectivity index (χ3n) is 3.98. The van der Waals surface area contributed by atoms with Gasteiger partial charge in [0.15, 0.2) is 0 Å². The molecule has 0 aromatic heterocycles. The highest BCUT2D eigenvalue weighted by molar-refractivity contribution is 9.10. The molecule has 1 atom stereocenters.